The molecule has 8 nitrogen and oxygen atoms in total. The number of aromatic nitrogens is 2. The second kappa shape index (κ2) is 8.86. The van der Waals surface area contributed by atoms with E-state index in [1.165, 1.54) is 18.7 Å². The first-order chi connectivity index (χ1) is 15.7. The summed E-state index contributed by atoms with van der Waals surface area (Å²) in [6.45, 7) is 7.40. The van der Waals surface area contributed by atoms with E-state index >= 15 is 0 Å². The van der Waals surface area contributed by atoms with Crippen LogP contribution in [0, 0.1) is 5.41 Å². The molecular formula is C25H28N2O6. The molecule has 1 aliphatic rings. The molecule has 33 heavy (non-hydrogen) atoms. The number of nitrogens with zero attached hydrogens (tertiary/aromatic N) is 2. The lowest BCUT2D eigenvalue weighted by atomic mass is 9.78. The third-order valence-corrected chi connectivity index (χ3v) is 5.99. The SMILES string of the molecule is COCCCOc1cc2c(cc1-c1cnco1)-c1cc(=O)c(C(=O)O)cn1[C@H](C(C)(C)C)C2. The average Bonchev–Trinajstić information content (AvgIpc) is 3.29. The van der Waals surface area contributed by atoms with E-state index < -0.39 is 11.4 Å². The zero-order chi connectivity index (χ0) is 23.8. The average molecular weight is 453 g/mol. The molecule has 1 aromatic carbocycles. The molecule has 174 valence electrons. The highest BCUT2D eigenvalue weighted by atomic mass is 16.5. The summed E-state index contributed by atoms with van der Waals surface area (Å²) in [4.78, 5) is 28.3. The Hall–Kier alpha value is -3.39. The van der Waals surface area contributed by atoms with E-state index in [0.29, 0.717) is 36.8 Å². The number of rotatable bonds is 7. The van der Waals surface area contributed by atoms with Crippen LogP contribution in [0.5, 0.6) is 5.75 Å². The van der Waals surface area contributed by atoms with Crippen molar-refractivity contribution in [2.75, 3.05) is 20.3 Å². The fourth-order valence-electron chi connectivity index (χ4n) is 4.29. The fourth-order valence-corrected chi connectivity index (χ4v) is 4.29. The normalized spacial score (nSPS) is 15.1. The number of carboxylic acid groups (broad SMARTS) is 1. The van der Waals surface area contributed by atoms with Crippen molar-refractivity contribution < 1.29 is 23.8 Å². The van der Waals surface area contributed by atoms with Gasteiger partial charge < -0.3 is 23.6 Å². The van der Waals surface area contributed by atoms with Crippen molar-refractivity contribution in [2.45, 2.75) is 39.7 Å². The predicted octanol–water partition coefficient (Wildman–Crippen LogP) is 4.43. The highest BCUT2D eigenvalue weighted by Crippen LogP contribution is 2.45. The Kier molecular flexibility index (Phi) is 6.12. The number of ether oxygens (including phenoxy) is 2. The van der Waals surface area contributed by atoms with E-state index in [0.717, 1.165) is 23.1 Å². The summed E-state index contributed by atoms with van der Waals surface area (Å²) in [5.74, 6) is -0.00309. The van der Waals surface area contributed by atoms with Gasteiger partial charge in [-0.25, -0.2) is 9.78 Å². The molecule has 0 aliphatic carbocycles. The van der Waals surface area contributed by atoms with Gasteiger partial charge in [0.05, 0.1) is 24.1 Å². The van der Waals surface area contributed by atoms with Gasteiger partial charge in [-0.2, -0.15) is 0 Å². The van der Waals surface area contributed by atoms with Crippen LogP contribution in [0.1, 0.15) is 49.2 Å². The van der Waals surface area contributed by atoms with Crippen LogP contribution in [-0.4, -0.2) is 41.0 Å². The molecule has 1 aliphatic heterocycles. The highest BCUT2D eigenvalue weighted by molar-refractivity contribution is 5.88. The standard InChI is InChI=1S/C25H28N2O6/c1-25(2,3)23-9-15-8-21(32-7-5-6-31-4)17(22-12-26-14-33-22)10-16(15)19-11-20(28)18(24(29)30)13-27(19)23/h8,10-14,23H,5-7,9H2,1-4H3,(H,29,30)/t23-/m0/s1. The van der Waals surface area contributed by atoms with Gasteiger partial charge in [0, 0.05) is 44.0 Å². The second-order valence-corrected chi connectivity index (χ2v) is 9.30. The summed E-state index contributed by atoms with van der Waals surface area (Å²) < 4.78 is 18.7. The molecular weight excluding hydrogens is 424 g/mol. The number of hydrogen-bond acceptors (Lipinski definition) is 6. The number of aromatic carboxylic acids is 1. The summed E-state index contributed by atoms with van der Waals surface area (Å²) in [5.41, 5.74) is 2.35. The Bertz CT molecular complexity index is 1220. The largest absolute Gasteiger partial charge is 0.493 e. The molecule has 1 atom stereocenters. The third kappa shape index (κ3) is 4.43. The van der Waals surface area contributed by atoms with E-state index in [4.69, 9.17) is 13.9 Å². The Morgan fingerprint density at radius 3 is 2.67 bits per heavy atom. The smallest absolute Gasteiger partial charge is 0.341 e. The molecule has 1 N–H and O–H groups in total. The van der Waals surface area contributed by atoms with Gasteiger partial charge in [-0.3, -0.25) is 4.79 Å². The molecule has 0 saturated carbocycles. The summed E-state index contributed by atoms with van der Waals surface area (Å²) in [6, 6.07) is 5.31. The van der Waals surface area contributed by atoms with Gasteiger partial charge in [0.15, 0.2) is 17.6 Å². The van der Waals surface area contributed by atoms with E-state index in [9.17, 15) is 14.7 Å². The lowest BCUT2D eigenvalue weighted by Gasteiger charge is -2.39. The maximum atomic E-state index is 12.6. The van der Waals surface area contributed by atoms with Crippen molar-refractivity contribution in [3.05, 3.63) is 58.3 Å². The monoisotopic (exact) mass is 452 g/mol. The number of pyridine rings is 1. The van der Waals surface area contributed by atoms with Gasteiger partial charge in [-0.1, -0.05) is 20.8 Å². The van der Waals surface area contributed by atoms with Gasteiger partial charge in [0.25, 0.3) is 0 Å². The molecule has 0 radical (unpaired) electrons. The number of carboxylic acids is 1. The number of benzene rings is 1. The van der Waals surface area contributed by atoms with Gasteiger partial charge in [0.1, 0.15) is 11.3 Å². The van der Waals surface area contributed by atoms with Crippen LogP contribution < -0.4 is 10.2 Å². The lowest BCUT2D eigenvalue weighted by molar-refractivity contribution is 0.0693. The van der Waals surface area contributed by atoms with Crippen molar-refractivity contribution in [3.63, 3.8) is 0 Å². The molecule has 3 aromatic rings. The quantitative estimate of drug-likeness (QED) is 0.529. The molecule has 0 amide bonds. The van der Waals surface area contributed by atoms with Crippen LogP contribution >= 0.6 is 0 Å². The Morgan fingerprint density at radius 1 is 1.24 bits per heavy atom. The van der Waals surface area contributed by atoms with Crippen LogP contribution in [0.3, 0.4) is 0 Å². The molecule has 3 heterocycles. The molecule has 8 heteroatoms. The number of hydrogen-bond donors (Lipinski definition) is 1. The van der Waals surface area contributed by atoms with Crippen molar-refractivity contribution in [1.82, 2.24) is 9.55 Å². The number of fused-ring (bicyclic) bond motifs is 3. The molecule has 2 aromatic heterocycles. The van der Waals surface area contributed by atoms with Gasteiger partial charge in [-0.05, 0) is 29.5 Å². The van der Waals surface area contributed by atoms with Crippen molar-refractivity contribution in [1.29, 1.82) is 0 Å². The molecule has 0 spiro atoms. The zero-order valence-electron chi connectivity index (χ0n) is 19.3. The van der Waals surface area contributed by atoms with E-state index in [1.807, 2.05) is 16.7 Å². The van der Waals surface area contributed by atoms with Gasteiger partial charge >= 0.3 is 5.97 Å². The highest BCUT2D eigenvalue weighted by Gasteiger charge is 2.34. The van der Waals surface area contributed by atoms with Crippen molar-refractivity contribution >= 4 is 5.97 Å². The van der Waals surface area contributed by atoms with E-state index in [-0.39, 0.29) is 17.0 Å². The minimum atomic E-state index is -1.23. The summed E-state index contributed by atoms with van der Waals surface area (Å²) >= 11 is 0. The van der Waals surface area contributed by atoms with E-state index in [1.54, 1.807) is 13.3 Å². The maximum Gasteiger partial charge on any atom is 0.341 e. The lowest BCUT2D eigenvalue weighted by Crippen LogP contribution is -2.32. The van der Waals surface area contributed by atoms with Crippen molar-refractivity contribution in [3.8, 4) is 28.3 Å². The van der Waals surface area contributed by atoms with Crippen LogP contribution in [0.2, 0.25) is 0 Å². The first-order valence-corrected chi connectivity index (χ1v) is 10.9. The first-order valence-electron chi connectivity index (χ1n) is 10.9. The number of oxazole rings is 1. The van der Waals surface area contributed by atoms with Crippen molar-refractivity contribution in [2.24, 2.45) is 5.41 Å². The summed E-state index contributed by atoms with van der Waals surface area (Å²) in [7, 11) is 1.65. The molecule has 0 bridgehead atoms. The minimum absolute atomic E-state index is 0.0452. The Morgan fingerprint density at radius 2 is 2.03 bits per heavy atom. The van der Waals surface area contributed by atoms with Crippen LogP contribution in [0.15, 0.2) is 46.2 Å². The third-order valence-electron chi connectivity index (χ3n) is 5.99. The van der Waals surface area contributed by atoms with Crippen LogP contribution in [0.4, 0.5) is 0 Å². The maximum absolute atomic E-state index is 12.6. The summed E-state index contributed by atoms with van der Waals surface area (Å²) in [6.07, 6.45) is 5.85. The number of carbonyl (C=O) groups is 1. The Balaban J connectivity index is 1.90. The topological polar surface area (TPSA) is 104 Å². The van der Waals surface area contributed by atoms with E-state index in [2.05, 4.69) is 25.8 Å². The predicted molar refractivity (Wildman–Crippen MR) is 123 cm³/mol. The van der Waals surface area contributed by atoms with Gasteiger partial charge in [0.2, 0.25) is 0 Å². The number of methoxy groups -OCH3 is 1. The Labute approximate surface area is 191 Å². The minimum Gasteiger partial charge on any atom is -0.493 e. The zero-order valence-corrected chi connectivity index (χ0v) is 19.3. The first kappa shape index (κ1) is 22.8. The summed E-state index contributed by atoms with van der Waals surface area (Å²) in [5, 5.41) is 9.52. The fraction of sp³-hybridized carbons (Fsp3) is 0.400. The van der Waals surface area contributed by atoms with Crippen LogP contribution in [-0.2, 0) is 11.2 Å². The van der Waals surface area contributed by atoms with Gasteiger partial charge in [-0.15, -0.1) is 0 Å². The molecule has 0 fully saturated rings. The van der Waals surface area contributed by atoms with Crippen LogP contribution in [0.25, 0.3) is 22.6 Å². The molecule has 0 saturated heterocycles. The second-order valence-electron chi connectivity index (χ2n) is 9.30. The molecule has 4 rings (SSSR count). The molecule has 0 unspecified atom stereocenters.